The van der Waals surface area contributed by atoms with Crippen molar-refractivity contribution in [3.05, 3.63) is 30.2 Å². The van der Waals surface area contributed by atoms with Gasteiger partial charge in [-0.25, -0.2) is 0 Å². The van der Waals surface area contributed by atoms with Crippen molar-refractivity contribution in [2.45, 2.75) is 19.5 Å². The summed E-state index contributed by atoms with van der Waals surface area (Å²) in [5, 5.41) is 3.28. The van der Waals surface area contributed by atoms with E-state index >= 15 is 0 Å². The number of benzene rings is 1. The summed E-state index contributed by atoms with van der Waals surface area (Å²) in [6.07, 6.45) is -3.91. The lowest BCUT2D eigenvalue weighted by atomic mass is 10.2. The molecule has 1 aromatic heterocycles. The van der Waals surface area contributed by atoms with E-state index in [0.29, 0.717) is 24.7 Å². The molecule has 1 saturated heterocycles. The van der Waals surface area contributed by atoms with Crippen LogP contribution in [0.25, 0.3) is 11.4 Å². The Kier molecular flexibility index (Phi) is 4.45. The zero-order chi connectivity index (χ0) is 18.2. The second kappa shape index (κ2) is 6.30. The van der Waals surface area contributed by atoms with Gasteiger partial charge in [-0.3, -0.25) is 4.72 Å². The van der Waals surface area contributed by atoms with Crippen molar-refractivity contribution in [2.24, 2.45) is 5.92 Å². The highest BCUT2D eigenvalue weighted by atomic mass is 32.2. The van der Waals surface area contributed by atoms with Gasteiger partial charge in [0.25, 0.3) is 0 Å². The first-order valence-corrected chi connectivity index (χ1v) is 8.88. The van der Waals surface area contributed by atoms with Gasteiger partial charge in [-0.05, 0) is 36.6 Å². The van der Waals surface area contributed by atoms with Gasteiger partial charge >= 0.3 is 22.3 Å². The first kappa shape index (κ1) is 17.7. The number of aromatic nitrogens is 2. The quantitative estimate of drug-likeness (QED) is 0.886. The normalized spacial score (nSPS) is 19.3. The molecule has 0 radical (unpaired) electrons. The molecule has 1 aliphatic heterocycles. The molecule has 0 aliphatic carbocycles. The Morgan fingerprint density at radius 3 is 2.48 bits per heavy atom. The van der Waals surface area contributed by atoms with Gasteiger partial charge in [-0.2, -0.15) is 30.9 Å². The SMILES string of the molecule is CC1CCN(S(=O)(=O)Nc2ccc(-c3noc(C(F)(F)F)n3)cc2)C1. The molecule has 25 heavy (non-hydrogen) atoms. The van der Waals surface area contributed by atoms with Crippen LogP contribution < -0.4 is 4.72 Å². The summed E-state index contributed by atoms with van der Waals surface area (Å²) in [6, 6.07) is 5.68. The standard InChI is InChI=1S/C14H15F3N4O3S/c1-9-6-7-21(8-9)25(22,23)20-11-4-2-10(3-5-11)12-18-13(24-19-12)14(15,16)17/h2-5,9,20H,6-8H2,1H3. The van der Waals surface area contributed by atoms with Crippen LogP contribution in [0.1, 0.15) is 19.2 Å². The third-order valence-electron chi connectivity index (χ3n) is 3.78. The monoisotopic (exact) mass is 376 g/mol. The van der Waals surface area contributed by atoms with Crippen LogP contribution in [0.2, 0.25) is 0 Å². The molecule has 3 rings (SSSR count). The molecule has 1 fully saturated rings. The van der Waals surface area contributed by atoms with E-state index in [1.807, 2.05) is 6.92 Å². The van der Waals surface area contributed by atoms with Crippen molar-refractivity contribution in [1.82, 2.24) is 14.4 Å². The van der Waals surface area contributed by atoms with E-state index in [-0.39, 0.29) is 11.4 Å². The second-order valence-corrected chi connectivity index (χ2v) is 7.53. The van der Waals surface area contributed by atoms with Crippen LogP contribution in [0, 0.1) is 5.92 Å². The van der Waals surface area contributed by atoms with Crippen molar-refractivity contribution in [1.29, 1.82) is 0 Å². The van der Waals surface area contributed by atoms with Crippen LogP contribution >= 0.6 is 0 Å². The molecule has 0 saturated carbocycles. The molecule has 1 atom stereocenters. The van der Waals surface area contributed by atoms with Gasteiger partial charge in [-0.1, -0.05) is 12.1 Å². The Morgan fingerprint density at radius 2 is 1.96 bits per heavy atom. The highest BCUT2D eigenvalue weighted by molar-refractivity contribution is 7.90. The first-order chi connectivity index (χ1) is 11.6. The first-order valence-electron chi connectivity index (χ1n) is 7.44. The Morgan fingerprint density at radius 1 is 1.28 bits per heavy atom. The fraction of sp³-hybridized carbons (Fsp3) is 0.429. The molecule has 1 aromatic carbocycles. The summed E-state index contributed by atoms with van der Waals surface area (Å²) in [5.74, 6) is -1.36. The van der Waals surface area contributed by atoms with Crippen LogP contribution in [-0.4, -0.2) is 36.0 Å². The second-order valence-electron chi connectivity index (χ2n) is 5.86. The van der Waals surface area contributed by atoms with E-state index in [1.165, 1.54) is 28.6 Å². The largest absolute Gasteiger partial charge is 0.471 e. The van der Waals surface area contributed by atoms with Gasteiger partial charge in [-0.15, -0.1) is 0 Å². The molecule has 0 spiro atoms. The predicted octanol–water partition coefficient (Wildman–Crippen LogP) is 2.75. The van der Waals surface area contributed by atoms with Gasteiger partial charge in [0.15, 0.2) is 0 Å². The van der Waals surface area contributed by atoms with E-state index < -0.39 is 22.3 Å². The van der Waals surface area contributed by atoms with Crippen LogP contribution in [-0.2, 0) is 16.4 Å². The van der Waals surface area contributed by atoms with Crippen LogP contribution in [0.5, 0.6) is 0 Å². The van der Waals surface area contributed by atoms with Crippen molar-refractivity contribution in [3.8, 4) is 11.4 Å². The molecule has 136 valence electrons. The average Bonchev–Trinajstić information content (AvgIpc) is 3.16. The number of rotatable bonds is 4. The highest BCUT2D eigenvalue weighted by Gasteiger charge is 2.38. The van der Waals surface area contributed by atoms with Gasteiger partial charge in [0.1, 0.15) is 0 Å². The fourth-order valence-corrected chi connectivity index (χ4v) is 3.83. The number of hydrogen-bond acceptors (Lipinski definition) is 5. The summed E-state index contributed by atoms with van der Waals surface area (Å²) >= 11 is 0. The Balaban J connectivity index is 1.73. The van der Waals surface area contributed by atoms with Gasteiger partial charge in [0, 0.05) is 24.3 Å². The summed E-state index contributed by atoms with van der Waals surface area (Å²) in [4.78, 5) is 3.28. The molecule has 0 amide bonds. The molecular weight excluding hydrogens is 361 g/mol. The molecular formula is C14H15F3N4O3S. The topological polar surface area (TPSA) is 88.3 Å². The maximum absolute atomic E-state index is 12.5. The zero-order valence-electron chi connectivity index (χ0n) is 13.1. The summed E-state index contributed by atoms with van der Waals surface area (Å²) in [7, 11) is -3.65. The molecule has 1 unspecified atom stereocenters. The van der Waals surface area contributed by atoms with E-state index in [4.69, 9.17) is 0 Å². The average molecular weight is 376 g/mol. The Labute approximate surface area is 142 Å². The maximum Gasteiger partial charge on any atom is 0.471 e. The molecule has 11 heteroatoms. The van der Waals surface area contributed by atoms with Crippen molar-refractivity contribution in [3.63, 3.8) is 0 Å². The number of alkyl halides is 3. The van der Waals surface area contributed by atoms with E-state index in [9.17, 15) is 21.6 Å². The number of anilines is 1. The summed E-state index contributed by atoms with van der Waals surface area (Å²) in [5.41, 5.74) is 0.569. The summed E-state index contributed by atoms with van der Waals surface area (Å²) in [6.45, 7) is 2.89. The van der Waals surface area contributed by atoms with Crippen molar-refractivity contribution >= 4 is 15.9 Å². The van der Waals surface area contributed by atoms with Crippen LogP contribution in [0.4, 0.5) is 18.9 Å². The van der Waals surface area contributed by atoms with Crippen LogP contribution in [0.15, 0.2) is 28.8 Å². The van der Waals surface area contributed by atoms with Crippen LogP contribution in [0.3, 0.4) is 0 Å². The third kappa shape index (κ3) is 3.93. The molecule has 2 aromatic rings. The zero-order valence-corrected chi connectivity index (χ0v) is 13.9. The Hall–Kier alpha value is -2.14. The minimum absolute atomic E-state index is 0.227. The number of halogens is 3. The number of hydrogen-bond donors (Lipinski definition) is 1. The smallest absolute Gasteiger partial charge is 0.329 e. The predicted molar refractivity (Wildman–Crippen MR) is 82.6 cm³/mol. The number of nitrogens with zero attached hydrogens (tertiary/aromatic N) is 3. The highest BCUT2D eigenvalue weighted by Crippen LogP contribution is 2.29. The molecule has 7 nitrogen and oxygen atoms in total. The number of nitrogens with one attached hydrogen (secondary N) is 1. The molecule has 0 bridgehead atoms. The lowest BCUT2D eigenvalue weighted by Crippen LogP contribution is -2.33. The van der Waals surface area contributed by atoms with E-state index in [2.05, 4.69) is 19.4 Å². The van der Waals surface area contributed by atoms with Crippen molar-refractivity contribution < 1.29 is 26.1 Å². The summed E-state index contributed by atoms with van der Waals surface area (Å²) < 4.78 is 69.9. The lowest BCUT2D eigenvalue weighted by molar-refractivity contribution is -0.159. The minimum atomic E-state index is -4.71. The molecule has 1 N–H and O–H groups in total. The van der Waals surface area contributed by atoms with Gasteiger partial charge < -0.3 is 4.52 Å². The molecule has 1 aliphatic rings. The minimum Gasteiger partial charge on any atom is -0.329 e. The van der Waals surface area contributed by atoms with E-state index in [1.54, 1.807) is 0 Å². The fourth-order valence-electron chi connectivity index (χ4n) is 2.47. The third-order valence-corrected chi connectivity index (χ3v) is 5.29. The maximum atomic E-state index is 12.5. The van der Waals surface area contributed by atoms with Gasteiger partial charge in [0.05, 0.1) is 0 Å². The lowest BCUT2D eigenvalue weighted by Gasteiger charge is -2.17. The molecule has 2 heterocycles. The Bertz CT molecular complexity index is 849. The van der Waals surface area contributed by atoms with Crippen molar-refractivity contribution in [2.75, 3.05) is 17.8 Å². The van der Waals surface area contributed by atoms with Gasteiger partial charge in [0.2, 0.25) is 5.82 Å². The van der Waals surface area contributed by atoms with E-state index in [0.717, 1.165) is 6.42 Å².